The van der Waals surface area contributed by atoms with Gasteiger partial charge in [0.15, 0.2) is 0 Å². The van der Waals surface area contributed by atoms with Crippen LogP contribution in [0.5, 0.6) is 0 Å². The smallest absolute Gasteiger partial charge is 0.270 e. The van der Waals surface area contributed by atoms with E-state index < -0.39 is 0 Å². The van der Waals surface area contributed by atoms with Crippen molar-refractivity contribution in [1.29, 1.82) is 0 Å². The normalized spacial score (nSPS) is 20.5. The van der Waals surface area contributed by atoms with Crippen LogP contribution in [0.3, 0.4) is 0 Å². The number of aromatic nitrogens is 1. The van der Waals surface area contributed by atoms with Crippen LogP contribution >= 0.6 is 11.3 Å². The Morgan fingerprint density at radius 3 is 2.62 bits per heavy atom. The van der Waals surface area contributed by atoms with E-state index in [1.165, 1.54) is 42.3 Å². The van der Waals surface area contributed by atoms with Crippen molar-refractivity contribution in [2.24, 2.45) is 0 Å². The summed E-state index contributed by atoms with van der Waals surface area (Å²) in [5, 5.41) is 2.14. The highest BCUT2D eigenvalue weighted by Gasteiger charge is 2.27. The molecule has 112 valence electrons. The number of thiophene rings is 1. The van der Waals surface area contributed by atoms with Gasteiger partial charge in [-0.1, -0.05) is 12.8 Å². The van der Waals surface area contributed by atoms with E-state index in [1.54, 1.807) is 11.3 Å². The molecular formula is C17H22N2OS. The van der Waals surface area contributed by atoms with E-state index in [-0.39, 0.29) is 5.91 Å². The third kappa shape index (κ3) is 2.30. The summed E-state index contributed by atoms with van der Waals surface area (Å²) in [6.45, 7) is 1.87. The fourth-order valence-corrected chi connectivity index (χ4v) is 4.73. The molecule has 3 nitrogen and oxygen atoms in total. The molecule has 1 amide bonds. The molecular weight excluding hydrogens is 280 g/mol. The number of likely N-dealkylation sites (tertiary alicyclic amines) is 1. The SMILES string of the molecule is O=C(c1cc2sccc2n1C1CCCC1)N1CCCCC1. The molecule has 2 fully saturated rings. The first-order chi connectivity index (χ1) is 10.3. The largest absolute Gasteiger partial charge is 0.337 e. The molecule has 0 bridgehead atoms. The lowest BCUT2D eigenvalue weighted by atomic mass is 10.1. The molecule has 2 aromatic rings. The molecule has 0 unspecified atom stereocenters. The molecule has 0 spiro atoms. The van der Waals surface area contributed by atoms with Crippen molar-refractivity contribution >= 4 is 27.5 Å². The molecule has 2 aliphatic rings. The zero-order valence-electron chi connectivity index (χ0n) is 12.4. The molecule has 3 heterocycles. The summed E-state index contributed by atoms with van der Waals surface area (Å²) in [7, 11) is 0. The lowest BCUT2D eigenvalue weighted by Gasteiger charge is -2.28. The van der Waals surface area contributed by atoms with E-state index in [0.717, 1.165) is 31.6 Å². The Morgan fingerprint density at radius 1 is 1.10 bits per heavy atom. The van der Waals surface area contributed by atoms with Crippen LogP contribution in [0, 0.1) is 0 Å². The second-order valence-electron chi connectivity index (χ2n) is 6.36. The van der Waals surface area contributed by atoms with Crippen molar-refractivity contribution in [2.45, 2.75) is 51.0 Å². The van der Waals surface area contributed by atoms with Crippen LogP contribution in [-0.2, 0) is 0 Å². The standard InChI is InChI=1S/C17H22N2OS/c20-17(18-9-4-1-5-10-18)15-12-16-14(8-11-21-16)19(15)13-6-2-3-7-13/h8,11-13H,1-7,9-10H2. The fraction of sp³-hybridized carbons (Fsp3) is 0.588. The van der Waals surface area contributed by atoms with Gasteiger partial charge in [0.2, 0.25) is 0 Å². The van der Waals surface area contributed by atoms with Gasteiger partial charge in [-0.05, 0) is 49.6 Å². The highest BCUT2D eigenvalue weighted by Crippen LogP contribution is 2.37. The maximum atomic E-state index is 13.0. The van der Waals surface area contributed by atoms with Crippen molar-refractivity contribution in [3.8, 4) is 0 Å². The highest BCUT2D eigenvalue weighted by molar-refractivity contribution is 7.17. The van der Waals surface area contributed by atoms with Gasteiger partial charge < -0.3 is 9.47 Å². The van der Waals surface area contributed by atoms with Crippen molar-refractivity contribution in [2.75, 3.05) is 13.1 Å². The van der Waals surface area contributed by atoms with E-state index in [0.29, 0.717) is 6.04 Å². The van der Waals surface area contributed by atoms with Crippen molar-refractivity contribution in [3.05, 3.63) is 23.2 Å². The molecule has 1 aliphatic heterocycles. The first-order valence-electron chi connectivity index (χ1n) is 8.22. The van der Waals surface area contributed by atoms with Gasteiger partial charge in [-0.2, -0.15) is 0 Å². The number of rotatable bonds is 2. The average Bonchev–Trinajstić information content (AvgIpc) is 3.23. The van der Waals surface area contributed by atoms with Crippen LogP contribution in [0.2, 0.25) is 0 Å². The predicted octanol–water partition coefficient (Wildman–Crippen LogP) is 4.44. The Hall–Kier alpha value is -1.29. The number of piperidine rings is 1. The Balaban J connectivity index is 1.74. The predicted molar refractivity (Wildman–Crippen MR) is 87.1 cm³/mol. The Morgan fingerprint density at radius 2 is 1.86 bits per heavy atom. The van der Waals surface area contributed by atoms with Crippen molar-refractivity contribution < 1.29 is 4.79 Å². The Bertz CT molecular complexity index is 645. The minimum atomic E-state index is 0.255. The van der Waals surface area contributed by atoms with Crippen LogP contribution in [0.25, 0.3) is 10.2 Å². The molecule has 0 radical (unpaired) electrons. The summed E-state index contributed by atoms with van der Waals surface area (Å²) >= 11 is 1.75. The van der Waals surface area contributed by atoms with Gasteiger partial charge in [0.25, 0.3) is 5.91 Å². The number of nitrogens with zero attached hydrogens (tertiary/aromatic N) is 2. The summed E-state index contributed by atoms with van der Waals surface area (Å²) in [6.07, 6.45) is 8.62. The van der Waals surface area contributed by atoms with E-state index >= 15 is 0 Å². The van der Waals surface area contributed by atoms with Gasteiger partial charge in [-0.25, -0.2) is 0 Å². The number of amides is 1. The monoisotopic (exact) mass is 302 g/mol. The fourth-order valence-electron chi connectivity index (χ4n) is 3.92. The third-order valence-corrected chi connectivity index (χ3v) is 5.87. The molecule has 1 aliphatic carbocycles. The lowest BCUT2D eigenvalue weighted by molar-refractivity contribution is 0.0711. The topological polar surface area (TPSA) is 25.2 Å². The first kappa shape index (κ1) is 13.4. The van der Waals surface area contributed by atoms with Crippen molar-refractivity contribution in [1.82, 2.24) is 9.47 Å². The van der Waals surface area contributed by atoms with Gasteiger partial charge in [-0.15, -0.1) is 11.3 Å². The van der Waals surface area contributed by atoms with Gasteiger partial charge >= 0.3 is 0 Å². The van der Waals surface area contributed by atoms with Gasteiger partial charge in [0.1, 0.15) is 5.69 Å². The summed E-state index contributed by atoms with van der Waals surface area (Å²) in [4.78, 5) is 15.0. The maximum Gasteiger partial charge on any atom is 0.270 e. The zero-order valence-corrected chi connectivity index (χ0v) is 13.2. The molecule has 1 saturated carbocycles. The first-order valence-corrected chi connectivity index (χ1v) is 9.10. The van der Waals surface area contributed by atoms with Gasteiger partial charge in [-0.3, -0.25) is 4.79 Å². The van der Waals surface area contributed by atoms with Crippen LogP contribution in [0.1, 0.15) is 61.5 Å². The summed E-state index contributed by atoms with van der Waals surface area (Å²) in [5.74, 6) is 0.255. The van der Waals surface area contributed by atoms with Gasteiger partial charge in [0.05, 0.1) is 10.2 Å². The van der Waals surface area contributed by atoms with Crippen LogP contribution in [0.4, 0.5) is 0 Å². The molecule has 4 rings (SSSR count). The minimum Gasteiger partial charge on any atom is -0.337 e. The molecule has 2 aromatic heterocycles. The number of hydrogen-bond donors (Lipinski definition) is 0. The third-order valence-electron chi connectivity index (χ3n) is 5.01. The van der Waals surface area contributed by atoms with Gasteiger partial charge in [0, 0.05) is 19.1 Å². The summed E-state index contributed by atoms with van der Waals surface area (Å²) in [5.41, 5.74) is 2.21. The summed E-state index contributed by atoms with van der Waals surface area (Å²) in [6, 6.07) is 4.85. The van der Waals surface area contributed by atoms with Crippen LogP contribution < -0.4 is 0 Å². The maximum absolute atomic E-state index is 13.0. The highest BCUT2D eigenvalue weighted by atomic mass is 32.1. The van der Waals surface area contributed by atoms with E-state index in [9.17, 15) is 4.79 Å². The number of fused-ring (bicyclic) bond motifs is 1. The zero-order chi connectivity index (χ0) is 14.2. The van der Waals surface area contributed by atoms with Crippen LogP contribution in [-0.4, -0.2) is 28.5 Å². The quantitative estimate of drug-likeness (QED) is 0.805. The minimum absolute atomic E-state index is 0.255. The van der Waals surface area contributed by atoms with E-state index in [4.69, 9.17) is 0 Å². The average molecular weight is 302 g/mol. The second-order valence-corrected chi connectivity index (χ2v) is 7.31. The molecule has 1 saturated heterocycles. The van der Waals surface area contributed by atoms with E-state index in [1.807, 2.05) is 0 Å². The molecule has 21 heavy (non-hydrogen) atoms. The molecule has 0 aromatic carbocycles. The number of carbonyl (C=O) groups is 1. The Labute approximate surface area is 129 Å². The van der Waals surface area contributed by atoms with E-state index in [2.05, 4.69) is 27.0 Å². The molecule has 0 atom stereocenters. The van der Waals surface area contributed by atoms with Crippen LogP contribution in [0.15, 0.2) is 17.5 Å². The number of hydrogen-bond acceptors (Lipinski definition) is 2. The molecule has 0 N–H and O–H groups in total. The molecule has 4 heteroatoms. The number of carbonyl (C=O) groups excluding carboxylic acids is 1. The lowest BCUT2D eigenvalue weighted by Crippen LogP contribution is -2.37. The second kappa shape index (κ2) is 5.48. The van der Waals surface area contributed by atoms with Crippen molar-refractivity contribution in [3.63, 3.8) is 0 Å². The summed E-state index contributed by atoms with van der Waals surface area (Å²) < 4.78 is 3.62. The Kier molecular flexibility index (Phi) is 3.49.